The van der Waals surface area contributed by atoms with Gasteiger partial charge in [-0.15, -0.1) is 0 Å². The van der Waals surface area contributed by atoms with Gasteiger partial charge in [0.15, 0.2) is 5.78 Å². The molecule has 0 fully saturated rings. The Kier molecular flexibility index (Phi) is 3.09. The number of carbonyl (C=O) groups is 1. The Balaban J connectivity index is 2.33. The summed E-state index contributed by atoms with van der Waals surface area (Å²) in [6.45, 7) is 1.91. The number of rotatable bonds is 2. The van der Waals surface area contributed by atoms with Gasteiger partial charge in [0.05, 0.1) is 0 Å². The van der Waals surface area contributed by atoms with Crippen molar-refractivity contribution in [2.75, 3.05) is 5.73 Å². The maximum atomic E-state index is 12.2. The fraction of sp³-hybridized carbons (Fsp3) is 0.357. The minimum absolute atomic E-state index is 0.157. The van der Waals surface area contributed by atoms with Crippen molar-refractivity contribution in [2.24, 2.45) is 0 Å². The van der Waals surface area contributed by atoms with Crippen molar-refractivity contribution >= 4 is 11.5 Å². The summed E-state index contributed by atoms with van der Waals surface area (Å²) < 4.78 is 0. The first-order valence-corrected chi connectivity index (χ1v) is 5.79. The van der Waals surface area contributed by atoms with E-state index in [-0.39, 0.29) is 5.78 Å². The molecule has 2 N–H and O–H groups in total. The molecule has 2 nitrogen and oxygen atoms in total. The molecule has 1 aromatic rings. The van der Waals surface area contributed by atoms with Crippen LogP contribution in [-0.4, -0.2) is 5.78 Å². The van der Waals surface area contributed by atoms with Gasteiger partial charge in [0.1, 0.15) is 0 Å². The Morgan fingerprint density at radius 2 is 2.12 bits per heavy atom. The quantitative estimate of drug-likeness (QED) is 0.607. The number of Topliss-reactive ketones (excluding diaryl/α,β-unsaturated/α-hetero) is 1. The van der Waals surface area contributed by atoms with Crippen molar-refractivity contribution in [3.63, 3.8) is 0 Å². The van der Waals surface area contributed by atoms with Gasteiger partial charge < -0.3 is 5.73 Å². The van der Waals surface area contributed by atoms with Crippen LogP contribution >= 0.6 is 0 Å². The first-order valence-electron chi connectivity index (χ1n) is 5.79. The monoisotopic (exact) mass is 215 g/mol. The minimum Gasteiger partial charge on any atom is -0.398 e. The van der Waals surface area contributed by atoms with E-state index in [2.05, 4.69) is 6.08 Å². The topological polar surface area (TPSA) is 43.1 Å². The van der Waals surface area contributed by atoms with Gasteiger partial charge in [-0.25, -0.2) is 0 Å². The highest BCUT2D eigenvalue weighted by Crippen LogP contribution is 2.24. The van der Waals surface area contributed by atoms with Gasteiger partial charge in [-0.1, -0.05) is 18.2 Å². The molecule has 0 saturated carbocycles. The van der Waals surface area contributed by atoms with Crippen LogP contribution in [0.15, 0.2) is 29.8 Å². The second-order valence-corrected chi connectivity index (χ2v) is 4.32. The lowest BCUT2D eigenvalue weighted by Crippen LogP contribution is -2.09. The predicted octanol–water partition coefficient (Wildman–Crippen LogP) is 3.26. The summed E-state index contributed by atoms with van der Waals surface area (Å²) in [5.74, 6) is 0.157. The summed E-state index contributed by atoms with van der Waals surface area (Å²) >= 11 is 0. The average molecular weight is 215 g/mol. The summed E-state index contributed by atoms with van der Waals surface area (Å²) in [5, 5.41) is 0. The molecule has 0 saturated heterocycles. The molecule has 0 radical (unpaired) electrons. The van der Waals surface area contributed by atoms with Crippen LogP contribution in [-0.2, 0) is 0 Å². The van der Waals surface area contributed by atoms with Gasteiger partial charge in [0, 0.05) is 11.3 Å². The number of benzene rings is 1. The molecule has 0 aromatic heterocycles. The molecule has 84 valence electrons. The molecule has 1 aliphatic rings. The zero-order valence-electron chi connectivity index (χ0n) is 9.62. The second kappa shape index (κ2) is 4.52. The molecule has 2 rings (SSSR count). The smallest absolute Gasteiger partial charge is 0.189 e. The summed E-state index contributed by atoms with van der Waals surface area (Å²) in [4.78, 5) is 12.2. The molecule has 0 heterocycles. The second-order valence-electron chi connectivity index (χ2n) is 4.32. The van der Waals surface area contributed by atoms with Crippen molar-refractivity contribution in [1.82, 2.24) is 0 Å². The molecule has 0 aliphatic heterocycles. The van der Waals surface area contributed by atoms with Crippen LogP contribution < -0.4 is 5.73 Å². The highest BCUT2D eigenvalue weighted by Gasteiger charge is 2.16. The number of ketones is 1. The maximum absolute atomic E-state index is 12.2. The fourth-order valence-electron chi connectivity index (χ4n) is 2.12. The van der Waals surface area contributed by atoms with E-state index in [1.165, 1.54) is 6.42 Å². The number of allylic oxidation sites excluding steroid dienone is 2. The summed E-state index contributed by atoms with van der Waals surface area (Å²) in [6.07, 6.45) is 6.34. The SMILES string of the molecule is Cc1c(N)cccc1C(=O)C1=CCCCC1. The third kappa shape index (κ3) is 2.01. The first kappa shape index (κ1) is 10.9. The molecule has 1 aromatic carbocycles. The van der Waals surface area contributed by atoms with E-state index in [0.717, 1.165) is 36.0 Å². The molecule has 0 bridgehead atoms. The lowest BCUT2D eigenvalue weighted by Gasteiger charge is -2.13. The molecular formula is C14H17NO. The van der Waals surface area contributed by atoms with E-state index in [1.807, 2.05) is 25.1 Å². The molecule has 0 unspecified atom stereocenters. The predicted molar refractivity (Wildman–Crippen MR) is 66.5 cm³/mol. The highest BCUT2D eigenvalue weighted by molar-refractivity contribution is 6.10. The standard InChI is InChI=1S/C14H17NO/c1-10-12(8-5-9-13(10)15)14(16)11-6-3-2-4-7-11/h5-6,8-9H,2-4,7,15H2,1H3. The van der Waals surface area contributed by atoms with Gasteiger partial charge in [0.25, 0.3) is 0 Å². The van der Waals surface area contributed by atoms with Gasteiger partial charge in [0.2, 0.25) is 0 Å². The zero-order chi connectivity index (χ0) is 11.5. The van der Waals surface area contributed by atoms with Crippen molar-refractivity contribution in [3.05, 3.63) is 41.0 Å². The van der Waals surface area contributed by atoms with E-state index >= 15 is 0 Å². The normalized spacial score (nSPS) is 15.7. The number of hydrogen-bond acceptors (Lipinski definition) is 2. The lowest BCUT2D eigenvalue weighted by molar-refractivity contribution is 0.102. The van der Waals surface area contributed by atoms with Crippen molar-refractivity contribution in [1.29, 1.82) is 0 Å². The number of nitrogens with two attached hydrogens (primary N) is 1. The molecular weight excluding hydrogens is 198 g/mol. The third-order valence-corrected chi connectivity index (χ3v) is 3.20. The Bertz CT molecular complexity index is 446. The van der Waals surface area contributed by atoms with Crippen molar-refractivity contribution in [2.45, 2.75) is 32.6 Å². The highest BCUT2D eigenvalue weighted by atomic mass is 16.1. The first-order chi connectivity index (χ1) is 7.70. The van der Waals surface area contributed by atoms with Crippen molar-refractivity contribution < 1.29 is 4.79 Å². The number of carbonyl (C=O) groups excluding carboxylic acids is 1. The van der Waals surface area contributed by atoms with Gasteiger partial charge in [-0.3, -0.25) is 4.79 Å². The average Bonchev–Trinajstić information content (AvgIpc) is 2.33. The van der Waals surface area contributed by atoms with Crippen LogP contribution in [0.1, 0.15) is 41.6 Å². The maximum Gasteiger partial charge on any atom is 0.189 e. The van der Waals surface area contributed by atoms with Crippen LogP contribution in [0.5, 0.6) is 0 Å². The Morgan fingerprint density at radius 1 is 1.31 bits per heavy atom. The largest absolute Gasteiger partial charge is 0.398 e. The molecule has 0 amide bonds. The van der Waals surface area contributed by atoms with Crippen LogP contribution in [0.2, 0.25) is 0 Å². The van der Waals surface area contributed by atoms with Crippen LogP contribution in [0, 0.1) is 6.92 Å². The minimum atomic E-state index is 0.157. The number of hydrogen-bond donors (Lipinski definition) is 1. The van der Waals surface area contributed by atoms with Gasteiger partial charge in [-0.2, -0.15) is 0 Å². The Hall–Kier alpha value is -1.57. The van der Waals surface area contributed by atoms with E-state index in [1.54, 1.807) is 0 Å². The summed E-state index contributed by atoms with van der Waals surface area (Å²) in [6, 6.07) is 5.55. The number of nitrogen functional groups attached to an aromatic ring is 1. The molecule has 16 heavy (non-hydrogen) atoms. The Morgan fingerprint density at radius 3 is 2.81 bits per heavy atom. The number of anilines is 1. The van der Waals surface area contributed by atoms with Gasteiger partial charge >= 0.3 is 0 Å². The molecule has 0 spiro atoms. The van der Waals surface area contributed by atoms with Crippen LogP contribution in [0.25, 0.3) is 0 Å². The zero-order valence-corrected chi connectivity index (χ0v) is 9.62. The van der Waals surface area contributed by atoms with E-state index in [0.29, 0.717) is 5.69 Å². The molecule has 1 aliphatic carbocycles. The van der Waals surface area contributed by atoms with Crippen LogP contribution in [0.3, 0.4) is 0 Å². The fourth-order valence-corrected chi connectivity index (χ4v) is 2.12. The lowest BCUT2D eigenvalue weighted by atomic mass is 9.91. The summed E-state index contributed by atoms with van der Waals surface area (Å²) in [5.41, 5.74) is 9.13. The Labute approximate surface area is 96.2 Å². The van der Waals surface area contributed by atoms with E-state index in [9.17, 15) is 4.79 Å². The molecule has 0 atom stereocenters. The summed E-state index contributed by atoms with van der Waals surface area (Å²) in [7, 11) is 0. The third-order valence-electron chi connectivity index (χ3n) is 3.20. The van der Waals surface area contributed by atoms with Gasteiger partial charge in [-0.05, 0) is 49.8 Å². The van der Waals surface area contributed by atoms with E-state index < -0.39 is 0 Å². The van der Waals surface area contributed by atoms with Crippen molar-refractivity contribution in [3.8, 4) is 0 Å². The molecule has 2 heteroatoms. The van der Waals surface area contributed by atoms with Crippen LogP contribution in [0.4, 0.5) is 5.69 Å². The van der Waals surface area contributed by atoms with E-state index in [4.69, 9.17) is 5.73 Å².